The van der Waals surface area contributed by atoms with Gasteiger partial charge >= 0.3 is 0 Å². The first-order valence-electron chi connectivity index (χ1n) is 4.87. The minimum absolute atomic E-state index is 0.606. The molecule has 2 rings (SSSR count). The van der Waals surface area contributed by atoms with Crippen LogP contribution in [-0.4, -0.2) is 4.98 Å². The summed E-state index contributed by atoms with van der Waals surface area (Å²) in [6.07, 6.45) is 0.910. The molecule has 0 saturated heterocycles. The standard InChI is InChI=1S/C12H11BrClN/c1-3-8-6-9-4-7(2)5-10(13)11(9)15-12(8)14/h4-6H,3H2,1-2H3. The van der Waals surface area contributed by atoms with Gasteiger partial charge < -0.3 is 0 Å². The Bertz CT molecular complexity index is 523. The maximum atomic E-state index is 6.08. The Kier molecular flexibility index (Phi) is 2.98. The first-order valence-corrected chi connectivity index (χ1v) is 6.04. The molecule has 0 saturated carbocycles. The molecule has 0 unspecified atom stereocenters. The summed E-state index contributed by atoms with van der Waals surface area (Å²) >= 11 is 9.59. The molecule has 0 fully saturated rings. The van der Waals surface area contributed by atoms with Gasteiger partial charge in [-0.3, -0.25) is 0 Å². The van der Waals surface area contributed by atoms with Crippen molar-refractivity contribution in [2.24, 2.45) is 0 Å². The van der Waals surface area contributed by atoms with E-state index in [1.54, 1.807) is 0 Å². The monoisotopic (exact) mass is 283 g/mol. The van der Waals surface area contributed by atoms with Gasteiger partial charge in [0.05, 0.1) is 5.52 Å². The summed E-state index contributed by atoms with van der Waals surface area (Å²) < 4.78 is 1.00. The highest BCUT2D eigenvalue weighted by atomic mass is 79.9. The van der Waals surface area contributed by atoms with E-state index in [-0.39, 0.29) is 0 Å². The van der Waals surface area contributed by atoms with E-state index in [2.05, 4.69) is 53.0 Å². The predicted molar refractivity (Wildman–Crippen MR) is 68.6 cm³/mol. The minimum atomic E-state index is 0.606. The Balaban J connectivity index is 2.81. The van der Waals surface area contributed by atoms with E-state index in [0.29, 0.717) is 5.15 Å². The first-order chi connectivity index (χ1) is 7.11. The van der Waals surface area contributed by atoms with Crippen molar-refractivity contribution < 1.29 is 0 Å². The van der Waals surface area contributed by atoms with Gasteiger partial charge in [0.1, 0.15) is 5.15 Å². The van der Waals surface area contributed by atoms with Gasteiger partial charge in [-0.25, -0.2) is 4.98 Å². The number of halogens is 2. The third-order valence-electron chi connectivity index (χ3n) is 2.42. The van der Waals surface area contributed by atoms with Gasteiger partial charge in [-0.2, -0.15) is 0 Å². The molecule has 1 heterocycles. The van der Waals surface area contributed by atoms with Gasteiger partial charge in [0.15, 0.2) is 0 Å². The highest BCUT2D eigenvalue weighted by Crippen LogP contribution is 2.27. The summed E-state index contributed by atoms with van der Waals surface area (Å²) in [6.45, 7) is 4.16. The largest absolute Gasteiger partial charge is 0.235 e. The molecule has 0 radical (unpaired) electrons. The van der Waals surface area contributed by atoms with E-state index in [9.17, 15) is 0 Å². The first kappa shape index (κ1) is 10.9. The molecule has 3 heteroatoms. The maximum absolute atomic E-state index is 6.08. The SMILES string of the molecule is CCc1cc2cc(C)cc(Br)c2nc1Cl. The molecule has 0 aliphatic rings. The molecule has 15 heavy (non-hydrogen) atoms. The van der Waals surface area contributed by atoms with E-state index in [0.717, 1.165) is 27.4 Å². The van der Waals surface area contributed by atoms with Crippen molar-refractivity contribution in [1.82, 2.24) is 4.98 Å². The molecule has 0 bridgehead atoms. The molecular weight excluding hydrogens is 273 g/mol. The summed E-state index contributed by atoms with van der Waals surface area (Å²) in [5, 5.41) is 1.75. The second kappa shape index (κ2) is 4.11. The van der Waals surface area contributed by atoms with Gasteiger partial charge in [0.2, 0.25) is 0 Å². The molecule has 2 aromatic rings. The average molecular weight is 285 g/mol. The third kappa shape index (κ3) is 2.01. The second-order valence-electron chi connectivity index (χ2n) is 3.61. The number of hydrogen-bond donors (Lipinski definition) is 0. The fraction of sp³-hybridized carbons (Fsp3) is 0.250. The molecule has 0 spiro atoms. The Hall–Kier alpha value is -0.600. The zero-order valence-corrected chi connectivity index (χ0v) is 11.0. The Morgan fingerprint density at radius 2 is 2.07 bits per heavy atom. The van der Waals surface area contributed by atoms with Crippen LogP contribution in [0, 0.1) is 6.92 Å². The summed E-state index contributed by atoms with van der Waals surface area (Å²) in [6, 6.07) is 6.29. The number of fused-ring (bicyclic) bond motifs is 1. The van der Waals surface area contributed by atoms with Crippen molar-refractivity contribution >= 4 is 38.4 Å². The number of aryl methyl sites for hydroxylation is 2. The van der Waals surface area contributed by atoms with Crippen molar-refractivity contribution in [2.75, 3.05) is 0 Å². The van der Waals surface area contributed by atoms with Crippen molar-refractivity contribution in [2.45, 2.75) is 20.3 Å². The van der Waals surface area contributed by atoms with Crippen LogP contribution in [0.3, 0.4) is 0 Å². The summed E-state index contributed by atoms with van der Waals surface area (Å²) in [7, 11) is 0. The predicted octanol–water partition coefficient (Wildman–Crippen LogP) is 4.52. The van der Waals surface area contributed by atoms with E-state index >= 15 is 0 Å². The molecule has 1 aromatic carbocycles. The summed E-state index contributed by atoms with van der Waals surface area (Å²) in [5.74, 6) is 0. The molecular formula is C12H11BrClN. The van der Waals surface area contributed by atoms with Crippen LogP contribution in [0.1, 0.15) is 18.1 Å². The van der Waals surface area contributed by atoms with Gasteiger partial charge in [-0.1, -0.05) is 18.5 Å². The van der Waals surface area contributed by atoms with E-state index in [1.165, 1.54) is 5.56 Å². The highest BCUT2D eigenvalue weighted by molar-refractivity contribution is 9.10. The number of pyridine rings is 1. The van der Waals surface area contributed by atoms with Gasteiger partial charge in [0, 0.05) is 9.86 Å². The fourth-order valence-electron chi connectivity index (χ4n) is 1.65. The molecule has 78 valence electrons. The van der Waals surface area contributed by atoms with Crippen LogP contribution in [-0.2, 0) is 6.42 Å². The molecule has 0 atom stereocenters. The number of nitrogens with zero attached hydrogens (tertiary/aromatic N) is 1. The average Bonchev–Trinajstić information content (AvgIpc) is 2.18. The number of rotatable bonds is 1. The molecule has 0 amide bonds. The smallest absolute Gasteiger partial charge is 0.133 e. The van der Waals surface area contributed by atoms with Crippen molar-refractivity contribution in [3.05, 3.63) is 39.0 Å². The van der Waals surface area contributed by atoms with Crippen LogP contribution in [0.5, 0.6) is 0 Å². The van der Waals surface area contributed by atoms with Crippen LogP contribution in [0.15, 0.2) is 22.7 Å². The normalized spacial score (nSPS) is 10.9. The lowest BCUT2D eigenvalue weighted by atomic mass is 10.1. The third-order valence-corrected chi connectivity index (χ3v) is 3.35. The summed E-state index contributed by atoms with van der Waals surface area (Å²) in [5.41, 5.74) is 3.25. The lowest BCUT2D eigenvalue weighted by molar-refractivity contribution is 1.12. The van der Waals surface area contributed by atoms with E-state index in [1.807, 2.05) is 0 Å². The Morgan fingerprint density at radius 3 is 2.73 bits per heavy atom. The van der Waals surface area contributed by atoms with Crippen LogP contribution >= 0.6 is 27.5 Å². The zero-order valence-electron chi connectivity index (χ0n) is 8.64. The fourth-order valence-corrected chi connectivity index (χ4v) is 2.61. The lowest BCUT2D eigenvalue weighted by Gasteiger charge is -2.06. The van der Waals surface area contributed by atoms with Gasteiger partial charge in [0.25, 0.3) is 0 Å². The molecule has 0 N–H and O–H groups in total. The topological polar surface area (TPSA) is 12.9 Å². The van der Waals surface area contributed by atoms with E-state index in [4.69, 9.17) is 11.6 Å². The van der Waals surface area contributed by atoms with Crippen LogP contribution in [0.25, 0.3) is 10.9 Å². The Labute approximate surface area is 103 Å². The quantitative estimate of drug-likeness (QED) is 0.702. The van der Waals surface area contributed by atoms with Crippen molar-refractivity contribution in [3.8, 4) is 0 Å². The number of aromatic nitrogens is 1. The number of benzene rings is 1. The van der Waals surface area contributed by atoms with E-state index < -0.39 is 0 Å². The summed E-state index contributed by atoms with van der Waals surface area (Å²) in [4.78, 5) is 4.41. The van der Waals surface area contributed by atoms with Crippen molar-refractivity contribution in [1.29, 1.82) is 0 Å². The number of hydrogen-bond acceptors (Lipinski definition) is 1. The van der Waals surface area contributed by atoms with Crippen LogP contribution < -0.4 is 0 Å². The second-order valence-corrected chi connectivity index (χ2v) is 4.82. The lowest BCUT2D eigenvalue weighted by Crippen LogP contribution is -1.89. The Morgan fingerprint density at radius 1 is 1.33 bits per heavy atom. The van der Waals surface area contributed by atoms with Gasteiger partial charge in [-0.05, 0) is 58.6 Å². The van der Waals surface area contributed by atoms with Gasteiger partial charge in [-0.15, -0.1) is 0 Å². The molecule has 0 aliphatic heterocycles. The van der Waals surface area contributed by atoms with Crippen molar-refractivity contribution in [3.63, 3.8) is 0 Å². The minimum Gasteiger partial charge on any atom is -0.235 e. The van der Waals surface area contributed by atoms with Crippen LogP contribution in [0.4, 0.5) is 0 Å². The van der Waals surface area contributed by atoms with Crippen LogP contribution in [0.2, 0.25) is 5.15 Å². The molecule has 1 nitrogen and oxygen atoms in total. The zero-order chi connectivity index (χ0) is 11.0. The molecule has 0 aliphatic carbocycles. The highest BCUT2D eigenvalue weighted by Gasteiger charge is 2.06. The molecule has 1 aromatic heterocycles. The maximum Gasteiger partial charge on any atom is 0.133 e.